The van der Waals surface area contributed by atoms with Crippen molar-refractivity contribution in [1.82, 2.24) is 15.2 Å². The van der Waals surface area contributed by atoms with Gasteiger partial charge in [-0.2, -0.15) is 10.1 Å². The first-order valence-corrected chi connectivity index (χ1v) is 8.25. The minimum Gasteiger partial charge on any atom is -0.497 e. The van der Waals surface area contributed by atoms with E-state index < -0.39 is 0 Å². The molecular formula is C19H21N5O2. The quantitative estimate of drug-likeness (QED) is 0.625. The van der Waals surface area contributed by atoms with Crippen LogP contribution in [-0.4, -0.2) is 42.5 Å². The Hall–Kier alpha value is -3.35. The van der Waals surface area contributed by atoms with Crippen molar-refractivity contribution in [2.24, 2.45) is 0 Å². The molecule has 0 fully saturated rings. The first kappa shape index (κ1) is 17.5. The SMILES string of the molecule is COc1ccc(OCCNc2nncc(N(C)c3ccccc3)n2)cc1. The summed E-state index contributed by atoms with van der Waals surface area (Å²) in [4.78, 5) is 6.44. The van der Waals surface area contributed by atoms with Crippen molar-refractivity contribution in [3.05, 3.63) is 60.8 Å². The second-order valence-corrected chi connectivity index (χ2v) is 5.48. The van der Waals surface area contributed by atoms with Gasteiger partial charge in [-0.25, -0.2) is 0 Å². The Labute approximate surface area is 152 Å². The summed E-state index contributed by atoms with van der Waals surface area (Å²) in [5.41, 5.74) is 1.03. The van der Waals surface area contributed by atoms with Crippen LogP contribution >= 0.6 is 0 Å². The van der Waals surface area contributed by atoms with Crippen LogP contribution in [0.1, 0.15) is 0 Å². The predicted molar refractivity (Wildman–Crippen MR) is 101 cm³/mol. The molecular weight excluding hydrogens is 330 g/mol. The molecule has 0 aliphatic heterocycles. The number of hydrogen-bond donors (Lipinski definition) is 1. The minimum atomic E-state index is 0.462. The normalized spacial score (nSPS) is 10.2. The minimum absolute atomic E-state index is 0.462. The second kappa shape index (κ2) is 8.66. The highest BCUT2D eigenvalue weighted by Gasteiger charge is 2.07. The van der Waals surface area contributed by atoms with Crippen LogP contribution in [0, 0.1) is 0 Å². The fourth-order valence-electron chi connectivity index (χ4n) is 2.32. The third-order valence-electron chi connectivity index (χ3n) is 3.75. The summed E-state index contributed by atoms with van der Waals surface area (Å²) in [6.45, 7) is 1.04. The fraction of sp³-hybridized carbons (Fsp3) is 0.211. The summed E-state index contributed by atoms with van der Waals surface area (Å²) in [6, 6.07) is 17.4. The zero-order valence-corrected chi connectivity index (χ0v) is 14.8. The summed E-state index contributed by atoms with van der Waals surface area (Å²) in [5.74, 6) is 2.76. The predicted octanol–water partition coefficient (Wildman–Crippen LogP) is 3.14. The van der Waals surface area contributed by atoms with E-state index >= 15 is 0 Å². The van der Waals surface area contributed by atoms with Gasteiger partial charge in [0, 0.05) is 12.7 Å². The van der Waals surface area contributed by atoms with Gasteiger partial charge in [0.05, 0.1) is 19.9 Å². The van der Waals surface area contributed by atoms with Crippen LogP contribution in [0.25, 0.3) is 0 Å². The van der Waals surface area contributed by atoms with E-state index in [1.54, 1.807) is 13.3 Å². The number of ether oxygens (including phenoxy) is 2. The van der Waals surface area contributed by atoms with Crippen molar-refractivity contribution in [2.75, 3.05) is 37.5 Å². The van der Waals surface area contributed by atoms with E-state index in [4.69, 9.17) is 9.47 Å². The maximum absolute atomic E-state index is 5.67. The molecule has 0 aliphatic rings. The van der Waals surface area contributed by atoms with E-state index in [1.165, 1.54) is 0 Å². The van der Waals surface area contributed by atoms with E-state index in [-0.39, 0.29) is 0 Å². The average molecular weight is 351 g/mol. The summed E-state index contributed by atoms with van der Waals surface area (Å²) in [7, 11) is 3.58. The van der Waals surface area contributed by atoms with Gasteiger partial charge in [0.25, 0.3) is 0 Å². The summed E-state index contributed by atoms with van der Waals surface area (Å²) >= 11 is 0. The molecule has 2 aromatic carbocycles. The highest BCUT2D eigenvalue weighted by molar-refractivity contribution is 5.58. The van der Waals surface area contributed by atoms with Crippen LogP contribution in [0.15, 0.2) is 60.8 Å². The Morgan fingerprint density at radius 3 is 2.46 bits per heavy atom. The van der Waals surface area contributed by atoms with Gasteiger partial charge in [0.15, 0.2) is 5.82 Å². The molecule has 0 unspecified atom stereocenters. The van der Waals surface area contributed by atoms with Gasteiger partial charge in [0.1, 0.15) is 18.1 Å². The highest BCUT2D eigenvalue weighted by Crippen LogP contribution is 2.20. The lowest BCUT2D eigenvalue weighted by atomic mass is 10.3. The number of hydrogen-bond acceptors (Lipinski definition) is 7. The highest BCUT2D eigenvalue weighted by atomic mass is 16.5. The lowest BCUT2D eigenvalue weighted by Crippen LogP contribution is -2.16. The first-order chi connectivity index (χ1) is 12.8. The third-order valence-corrected chi connectivity index (χ3v) is 3.75. The summed E-state index contributed by atoms with van der Waals surface area (Å²) in [5, 5.41) is 11.2. The molecule has 1 N–H and O–H groups in total. The van der Waals surface area contributed by atoms with Crippen LogP contribution in [0.3, 0.4) is 0 Å². The lowest BCUT2D eigenvalue weighted by molar-refractivity contribution is 0.331. The van der Waals surface area contributed by atoms with E-state index in [9.17, 15) is 0 Å². The molecule has 0 amide bonds. The number of nitrogens with zero attached hydrogens (tertiary/aromatic N) is 4. The zero-order chi connectivity index (χ0) is 18.2. The molecule has 1 heterocycles. The molecule has 1 aromatic heterocycles. The van der Waals surface area contributed by atoms with Gasteiger partial charge in [-0.15, -0.1) is 5.10 Å². The van der Waals surface area contributed by atoms with Crippen molar-refractivity contribution < 1.29 is 9.47 Å². The molecule has 7 heteroatoms. The van der Waals surface area contributed by atoms with Gasteiger partial charge in [-0.1, -0.05) is 18.2 Å². The van der Waals surface area contributed by atoms with E-state index in [2.05, 4.69) is 20.5 Å². The van der Waals surface area contributed by atoms with Crippen LogP contribution in [-0.2, 0) is 0 Å². The molecule has 0 saturated carbocycles. The summed E-state index contributed by atoms with van der Waals surface area (Å²) < 4.78 is 10.8. The van der Waals surface area contributed by atoms with Crippen molar-refractivity contribution in [1.29, 1.82) is 0 Å². The molecule has 134 valence electrons. The molecule has 0 saturated heterocycles. The van der Waals surface area contributed by atoms with E-state index in [0.29, 0.717) is 24.9 Å². The van der Waals surface area contributed by atoms with Crippen LogP contribution in [0.5, 0.6) is 11.5 Å². The van der Waals surface area contributed by atoms with Crippen LogP contribution in [0.2, 0.25) is 0 Å². The molecule has 3 rings (SSSR count). The number of aromatic nitrogens is 3. The lowest BCUT2D eigenvalue weighted by Gasteiger charge is -2.18. The number of para-hydroxylation sites is 1. The van der Waals surface area contributed by atoms with E-state index in [1.807, 2.05) is 66.5 Å². The Balaban J connectivity index is 1.52. The molecule has 7 nitrogen and oxygen atoms in total. The number of methoxy groups -OCH3 is 1. The number of benzene rings is 2. The van der Waals surface area contributed by atoms with Crippen LogP contribution < -0.4 is 19.7 Å². The zero-order valence-electron chi connectivity index (χ0n) is 14.8. The number of nitrogens with one attached hydrogen (secondary N) is 1. The maximum Gasteiger partial charge on any atom is 0.244 e. The smallest absolute Gasteiger partial charge is 0.244 e. The van der Waals surface area contributed by atoms with Crippen molar-refractivity contribution >= 4 is 17.5 Å². The Morgan fingerprint density at radius 2 is 1.73 bits per heavy atom. The fourth-order valence-corrected chi connectivity index (χ4v) is 2.32. The monoisotopic (exact) mass is 351 g/mol. The van der Waals surface area contributed by atoms with Crippen molar-refractivity contribution in [3.8, 4) is 11.5 Å². The molecule has 0 radical (unpaired) electrons. The van der Waals surface area contributed by atoms with Crippen molar-refractivity contribution in [2.45, 2.75) is 0 Å². The molecule has 0 aliphatic carbocycles. The average Bonchev–Trinajstić information content (AvgIpc) is 2.72. The Bertz CT molecular complexity index is 812. The molecule has 3 aromatic rings. The standard InChI is InChI=1S/C19H21N5O2/c1-24(15-6-4-3-5-7-15)18-14-21-23-19(22-18)20-12-13-26-17-10-8-16(25-2)9-11-17/h3-11,14H,12-13H2,1-2H3,(H,20,22,23). The molecule has 26 heavy (non-hydrogen) atoms. The number of anilines is 3. The maximum atomic E-state index is 5.67. The first-order valence-electron chi connectivity index (χ1n) is 8.25. The Kier molecular flexibility index (Phi) is 5.82. The van der Waals surface area contributed by atoms with Gasteiger partial charge >= 0.3 is 0 Å². The molecule has 0 spiro atoms. The van der Waals surface area contributed by atoms with Gasteiger partial charge in [-0.05, 0) is 36.4 Å². The van der Waals surface area contributed by atoms with Crippen molar-refractivity contribution in [3.63, 3.8) is 0 Å². The van der Waals surface area contributed by atoms with Gasteiger partial charge < -0.3 is 19.7 Å². The van der Waals surface area contributed by atoms with E-state index in [0.717, 1.165) is 17.2 Å². The third kappa shape index (κ3) is 4.60. The number of rotatable bonds is 8. The van der Waals surface area contributed by atoms with Gasteiger partial charge in [-0.3, -0.25) is 0 Å². The summed E-state index contributed by atoms with van der Waals surface area (Å²) in [6.07, 6.45) is 1.63. The largest absolute Gasteiger partial charge is 0.497 e. The molecule has 0 atom stereocenters. The van der Waals surface area contributed by atoms with Crippen LogP contribution in [0.4, 0.5) is 17.5 Å². The topological polar surface area (TPSA) is 72.4 Å². The molecule has 0 bridgehead atoms. The second-order valence-electron chi connectivity index (χ2n) is 5.48. The van der Waals surface area contributed by atoms with Gasteiger partial charge in [0.2, 0.25) is 5.95 Å². The Morgan fingerprint density at radius 1 is 1.00 bits per heavy atom.